The summed E-state index contributed by atoms with van der Waals surface area (Å²) < 4.78 is 21.4. The molecule has 1 aromatic carbocycles. The number of rotatable bonds is 8. The standard InChI is InChI=1S/C16H22FN3O/c1-3-9-18-12-13-5-4-6-15(17)16(13)21-11-8-14-7-10-19-20(14)2/h4-7,10,18H,3,8-9,11-12H2,1-2H3. The molecule has 0 spiro atoms. The van der Waals surface area contributed by atoms with Gasteiger partial charge in [0.2, 0.25) is 0 Å². The fraction of sp³-hybridized carbons (Fsp3) is 0.438. The molecule has 21 heavy (non-hydrogen) atoms. The number of aryl methyl sites for hydroxylation is 1. The Morgan fingerprint density at radius 3 is 2.90 bits per heavy atom. The molecule has 1 aromatic heterocycles. The quantitative estimate of drug-likeness (QED) is 0.760. The molecule has 0 aliphatic carbocycles. The van der Waals surface area contributed by atoms with E-state index in [1.807, 2.05) is 19.2 Å². The Morgan fingerprint density at radius 2 is 2.19 bits per heavy atom. The van der Waals surface area contributed by atoms with Crippen LogP contribution in [0.25, 0.3) is 0 Å². The molecule has 1 heterocycles. The first-order valence-electron chi connectivity index (χ1n) is 7.30. The summed E-state index contributed by atoms with van der Waals surface area (Å²) in [5, 5.41) is 7.38. The van der Waals surface area contributed by atoms with Crippen molar-refractivity contribution in [2.75, 3.05) is 13.2 Å². The normalized spacial score (nSPS) is 10.8. The first kappa shape index (κ1) is 15.5. The van der Waals surface area contributed by atoms with Crippen LogP contribution in [0, 0.1) is 5.82 Å². The van der Waals surface area contributed by atoms with Crippen molar-refractivity contribution in [2.24, 2.45) is 7.05 Å². The Balaban J connectivity index is 1.96. The number of ether oxygens (including phenoxy) is 1. The minimum atomic E-state index is -0.309. The van der Waals surface area contributed by atoms with Crippen molar-refractivity contribution in [1.29, 1.82) is 0 Å². The van der Waals surface area contributed by atoms with Crippen LogP contribution in [0.4, 0.5) is 4.39 Å². The highest BCUT2D eigenvalue weighted by Gasteiger charge is 2.10. The molecule has 114 valence electrons. The van der Waals surface area contributed by atoms with E-state index in [0.717, 1.165) is 24.2 Å². The molecule has 1 N–H and O–H groups in total. The third-order valence-electron chi connectivity index (χ3n) is 3.32. The van der Waals surface area contributed by atoms with Crippen LogP contribution >= 0.6 is 0 Å². The highest BCUT2D eigenvalue weighted by molar-refractivity contribution is 5.35. The average Bonchev–Trinajstić information content (AvgIpc) is 2.87. The van der Waals surface area contributed by atoms with Crippen LogP contribution in [0.3, 0.4) is 0 Å². The molecule has 0 aliphatic heterocycles. The van der Waals surface area contributed by atoms with Gasteiger partial charge in [0, 0.05) is 37.5 Å². The third kappa shape index (κ3) is 4.29. The van der Waals surface area contributed by atoms with Gasteiger partial charge < -0.3 is 10.1 Å². The molecule has 2 aromatic rings. The van der Waals surface area contributed by atoms with E-state index in [2.05, 4.69) is 17.3 Å². The van der Waals surface area contributed by atoms with Gasteiger partial charge in [0.25, 0.3) is 0 Å². The maximum absolute atomic E-state index is 13.9. The number of hydrogen-bond donors (Lipinski definition) is 1. The lowest BCUT2D eigenvalue weighted by molar-refractivity contribution is 0.298. The van der Waals surface area contributed by atoms with E-state index in [1.165, 1.54) is 6.07 Å². The molecule has 0 saturated heterocycles. The zero-order valence-electron chi connectivity index (χ0n) is 12.6. The smallest absolute Gasteiger partial charge is 0.165 e. The van der Waals surface area contributed by atoms with Crippen LogP contribution in [0.5, 0.6) is 5.75 Å². The first-order chi connectivity index (χ1) is 10.2. The van der Waals surface area contributed by atoms with Gasteiger partial charge in [-0.15, -0.1) is 0 Å². The van der Waals surface area contributed by atoms with E-state index in [0.29, 0.717) is 25.3 Å². The molecule has 4 nitrogen and oxygen atoms in total. The number of benzene rings is 1. The maximum atomic E-state index is 13.9. The van der Waals surface area contributed by atoms with Gasteiger partial charge in [-0.05, 0) is 25.1 Å². The second-order valence-corrected chi connectivity index (χ2v) is 4.95. The van der Waals surface area contributed by atoms with Gasteiger partial charge in [0.15, 0.2) is 11.6 Å². The fourth-order valence-corrected chi connectivity index (χ4v) is 2.16. The minimum Gasteiger partial charge on any atom is -0.490 e. The van der Waals surface area contributed by atoms with Crippen LogP contribution in [0.15, 0.2) is 30.5 Å². The van der Waals surface area contributed by atoms with Gasteiger partial charge in [-0.2, -0.15) is 5.10 Å². The second-order valence-electron chi connectivity index (χ2n) is 4.95. The summed E-state index contributed by atoms with van der Waals surface area (Å²) in [7, 11) is 1.89. The Kier molecular flexibility index (Phi) is 5.75. The molecule has 2 rings (SSSR count). The molecule has 0 bridgehead atoms. The zero-order chi connectivity index (χ0) is 15.1. The van der Waals surface area contributed by atoms with E-state index in [9.17, 15) is 4.39 Å². The predicted octanol–water partition coefficient (Wildman–Crippen LogP) is 2.68. The van der Waals surface area contributed by atoms with Crippen molar-refractivity contribution in [3.63, 3.8) is 0 Å². The van der Waals surface area contributed by atoms with E-state index in [4.69, 9.17) is 4.74 Å². The summed E-state index contributed by atoms with van der Waals surface area (Å²) >= 11 is 0. The zero-order valence-corrected chi connectivity index (χ0v) is 12.6. The Morgan fingerprint density at radius 1 is 1.33 bits per heavy atom. The fourth-order valence-electron chi connectivity index (χ4n) is 2.16. The van der Waals surface area contributed by atoms with Crippen molar-refractivity contribution < 1.29 is 9.13 Å². The average molecular weight is 291 g/mol. The van der Waals surface area contributed by atoms with Crippen LogP contribution < -0.4 is 10.1 Å². The van der Waals surface area contributed by atoms with Crippen LogP contribution in [0.1, 0.15) is 24.6 Å². The van der Waals surface area contributed by atoms with E-state index >= 15 is 0 Å². The van der Waals surface area contributed by atoms with Gasteiger partial charge in [-0.3, -0.25) is 4.68 Å². The van der Waals surface area contributed by atoms with Gasteiger partial charge in [0.1, 0.15) is 0 Å². The van der Waals surface area contributed by atoms with Crippen molar-refractivity contribution >= 4 is 0 Å². The van der Waals surface area contributed by atoms with E-state index in [1.54, 1.807) is 16.9 Å². The van der Waals surface area contributed by atoms with Gasteiger partial charge in [-0.1, -0.05) is 19.1 Å². The Bertz CT molecular complexity index is 568. The molecular weight excluding hydrogens is 269 g/mol. The molecule has 0 aliphatic rings. The molecular formula is C16H22FN3O. The summed E-state index contributed by atoms with van der Waals surface area (Å²) in [6.45, 7) is 4.06. The number of nitrogens with zero attached hydrogens (tertiary/aromatic N) is 2. The Hall–Kier alpha value is -1.88. The van der Waals surface area contributed by atoms with Crippen LogP contribution in [-0.4, -0.2) is 22.9 Å². The highest BCUT2D eigenvalue weighted by Crippen LogP contribution is 2.22. The molecule has 0 saturated carbocycles. The lowest BCUT2D eigenvalue weighted by Gasteiger charge is -2.13. The van der Waals surface area contributed by atoms with E-state index in [-0.39, 0.29) is 5.82 Å². The monoisotopic (exact) mass is 291 g/mol. The highest BCUT2D eigenvalue weighted by atomic mass is 19.1. The summed E-state index contributed by atoms with van der Waals surface area (Å²) in [6.07, 6.45) is 3.50. The molecule has 0 radical (unpaired) electrons. The maximum Gasteiger partial charge on any atom is 0.165 e. The van der Waals surface area contributed by atoms with Crippen molar-refractivity contribution in [2.45, 2.75) is 26.3 Å². The lowest BCUT2D eigenvalue weighted by atomic mass is 10.2. The van der Waals surface area contributed by atoms with Crippen LogP contribution in [-0.2, 0) is 20.0 Å². The third-order valence-corrected chi connectivity index (χ3v) is 3.32. The minimum absolute atomic E-state index is 0.309. The molecule has 0 fully saturated rings. The summed E-state index contributed by atoms with van der Waals surface area (Å²) in [5.74, 6) is 0.0408. The number of halogens is 1. The molecule has 0 atom stereocenters. The number of hydrogen-bond acceptors (Lipinski definition) is 3. The number of aromatic nitrogens is 2. The first-order valence-corrected chi connectivity index (χ1v) is 7.30. The Labute approximate surface area is 124 Å². The largest absolute Gasteiger partial charge is 0.490 e. The summed E-state index contributed by atoms with van der Waals surface area (Å²) in [5.41, 5.74) is 1.92. The van der Waals surface area contributed by atoms with E-state index < -0.39 is 0 Å². The number of para-hydroxylation sites is 1. The van der Waals surface area contributed by atoms with Crippen molar-refractivity contribution in [1.82, 2.24) is 15.1 Å². The summed E-state index contributed by atoms with van der Waals surface area (Å²) in [6, 6.07) is 6.98. The predicted molar refractivity (Wildman–Crippen MR) is 80.8 cm³/mol. The van der Waals surface area contributed by atoms with Crippen molar-refractivity contribution in [3.8, 4) is 5.75 Å². The lowest BCUT2D eigenvalue weighted by Crippen LogP contribution is -2.15. The van der Waals surface area contributed by atoms with Gasteiger partial charge in [0.05, 0.1) is 6.61 Å². The molecule has 5 heteroatoms. The second kappa shape index (κ2) is 7.78. The molecule has 0 unspecified atom stereocenters. The van der Waals surface area contributed by atoms with Crippen LogP contribution in [0.2, 0.25) is 0 Å². The number of nitrogens with one attached hydrogen (secondary N) is 1. The van der Waals surface area contributed by atoms with Gasteiger partial charge in [-0.25, -0.2) is 4.39 Å². The molecule has 0 amide bonds. The van der Waals surface area contributed by atoms with Crippen molar-refractivity contribution in [3.05, 3.63) is 47.5 Å². The topological polar surface area (TPSA) is 39.1 Å². The SMILES string of the molecule is CCCNCc1cccc(F)c1OCCc1ccnn1C. The van der Waals surface area contributed by atoms with Gasteiger partial charge >= 0.3 is 0 Å². The summed E-state index contributed by atoms with van der Waals surface area (Å²) in [4.78, 5) is 0.